The van der Waals surface area contributed by atoms with Gasteiger partial charge >= 0.3 is 5.97 Å². The molecule has 3 aromatic rings. The molecular formula is C15H11NO2S2. The van der Waals surface area contributed by atoms with Crippen molar-refractivity contribution < 1.29 is 9.90 Å². The molecule has 20 heavy (non-hydrogen) atoms. The number of thiophene rings is 1. The number of hydrogen-bond acceptors (Lipinski definition) is 4. The molecule has 0 fully saturated rings. The molecule has 1 aromatic carbocycles. The first-order valence-corrected chi connectivity index (χ1v) is 7.88. The predicted octanol–water partition coefficient (Wildman–Crippen LogP) is 4.29. The molecule has 0 atom stereocenters. The van der Waals surface area contributed by atoms with E-state index in [1.165, 1.54) is 16.9 Å². The summed E-state index contributed by atoms with van der Waals surface area (Å²) in [5.74, 6) is -0.0602. The van der Waals surface area contributed by atoms with Crippen molar-refractivity contribution in [2.45, 2.75) is 10.6 Å². The van der Waals surface area contributed by atoms with E-state index in [0.29, 0.717) is 4.88 Å². The average molecular weight is 301 g/mol. The highest BCUT2D eigenvalue weighted by Gasteiger charge is 2.08. The molecular weight excluding hydrogens is 290 g/mol. The number of thioether (sulfide) groups is 1. The maximum absolute atomic E-state index is 10.9. The number of carbonyl (C=O) groups is 1. The summed E-state index contributed by atoms with van der Waals surface area (Å²) >= 11 is 2.91. The molecule has 2 aromatic heterocycles. The quantitative estimate of drug-likeness (QED) is 0.730. The normalized spacial score (nSPS) is 10.8. The molecule has 0 bridgehead atoms. The van der Waals surface area contributed by atoms with E-state index in [4.69, 9.17) is 5.11 Å². The highest BCUT2D eigenvalue weighted by molar-refractivity contribution is 7.98. The summed E-state index contributed by atoms with van der Waals surface area (Å²) < 4.78 is 0. The van der Waals surface area contributed by atoms with Crippen molar-refractivity contribution in [1.82, 2.24) is 4.98 Å². The van der Waals surface area contributed by atoms with E-state index in [2.05, 4.69) is 11.1 Å². The van der Waals surface area contributed by atoms with E-state index in [-0.39, 0.29) is 0 Å². The van der Waals surface area contributed by atoms with E-state index in [1.54, 1.807) is 17.8 Å². The van der Waals surface area contributed by atoms with Crippen LogP contribution in [-0.4, -0.2) is 16.1 Å². The molecule has 0 spiro atoms. The summed E-state index contributed by atoms with van der Waals surface area (Å²) in [6, 6.07) is 11.8. The van der Waals surface area contributed by atoms with Crippen molar-refractivity contribution >= 4 is 40.0 Å². The van der Waals surface area contributed by atoms with Gasteiger partial charge in [0.2, 0.25) is 0 Å². The zero-order valence-corrected chi connectivity index (χ0v) is 12.1. The lowest BCUT2D eigenvalue weighted by Crippen LogP contribution is -1.90. The number of benzene rings is 1. The van der Waals surface area contributed by atoms with Crippen LogP contribution in [0.25, 0.3) is 10.9 Å². The standard InChI is InChI=1S/C15H11NO2S2/c17-15(18)14-7-11(9-20-14)19-8-10-5-6-16-13-4-2-1-3-12(10)13/h1-7,9H,8H2,(H,17,18). The third kappa shape index (κ3) is 2.69. The molecule has 5 heteroatoms. The lowest BCUT2D eigenvalue weighted by Gasteiger charge is -2.04. The van der Waals surface area contributed by atoms with Crippen molar-refractivity contribution in [1.29, 1.82) is 0 Å². The fourth-order valence-corrected chi connectivity index (χ4v) is 3.82. The Morgan fingerprint density at radius 3 is 2.95 bits per heavy atom. The fraction of sp³-hybridized carbons (Fsp3) is 0.0667. The van der Waals surface area contributed by atoms with Crippen LogP contribution in [0, 0.1) is 0 Å². The predicted molar refractivity (Wildman–Crippen MR) is 82.6 cm³/mol. The molecule has 0 saturated heterocycles. The molecule has 0 amide bonds. The van der Waals surface area contributed by atoms with Crippen LogP contribution in [0.4, 0.5) is 0 Å². The average Bonchev–Trinajstić information content (AvgIpc) is 2.94. The lowest BCUT2D eigenvalue weighted by molar-refractivity contribution is 0.0702. The van der Waals surface area contributed by atoms with Gasteiger partial charge in [-0.2, -0.15) is 0 Å². The first kappa shape index (κ1) is 13.1. The fourth-order valence-electron chi connectivity index (χ4n) is 1.95. The van der Waals surface area contributed by atoms with E-state index < -0.39 is 5.97 Å². The van der Waals surface area contributed by atoms with Gasteiger partial charge in [0.15, 0.2) is 0 Å². The van der Waals surface area contributed by atoms with Gasteiger partial charge in [-0.25, -0.2) is 4.79 Å². The minimum atomic E-state index is -0.865. The van der Waals surface area contributed by atoms with Crippen molar-refractivity contribution in [2.24, 2.45) is 0 Å². The number of fused-ring (bicyclic) bond motifs is 1. The number of carboxylic acids is 1. The van der Waals surface area contributed by atoms with Crippen molar-refractivity contribution in [3.05, 3.63) is 58.4 Å². The van der Waals surface area contributed by atoms with Gasteiger partial charge in [-0.05, 0) is 23.8 Å². The lowest BCUT2D eigenvalue weighted by atomic mass is 10.1. The van der Waals surface area contributed by atoms with E-state index in [0.717, 1.165) is 21.6 Å². The third-order valence-corrected chi connectivity index (χ3v) is 5.01. The molecule has 0 aliphatic rings. The van der Waals surface area contributed by atoms with Crippen LogP contribution in [0.15, 0.2) is 52.9 Å². The first-order chi connectivity index (χ1) is 9.74. The zero-order valence-electron chi connectivity index (χ0n) is 10.4. The molecule has 0 unspecified atom stereocenters. The summed E-state index contributed by atoms with van der Waals surface area (Å²) in [5, 5.41) is 12.0. The van der Waals surface area contributed by atoms with E-state index in [9.17, 15) is 4.79 Å². The molecule has 0 aliphatic heterocycles. The van der Waals surface area contributed by atoms with Crippen LogP contribution in [0.2, 0.25) is 0 Å². The van der Waals surface area contributed by atoms with Gasteiger partial charge in [-0.15, -0.1) is 23.1 Å². The zero-order chi connectivity index (χ0) is 13.9. The Kier molecular flexibility index (Phi) is 3.71. The van der Waals surface area contributed by atoms with Crippen molar-refractivity contribution in [3.63, 3.8) is 0 Å². The second-order valence-corrected chi connectivity index (χ2v) is 6.19. The van der Waals surface area contributed by atoms with Gasteiger partial charge in [0.1, 0.15) is 4.88 Å². The number of carboxylic acid groups (broad SMARTS) is 1. The van der Waals surface area contributed by atoms with Gasteiger partial charge in [0.05, 0.1) is 5.52 Å². The Hall–Kier alpha value is -1.85. The molecule has 100 valence electrons. The molecule has 0 aliphatic carbocycles. The van der Waals surface area contributed by atoms with Gasteiger partial charge in [0, 0.05) is 27.6 Å². The largest absolute Gasteiger partial charge is 0.477 e. The number of para-hydroxylation sites is 1. The summed E-state index contributed by atoms with van der Waals surface area (Å²) in [6.07, 6.45) is 1.81. The highest BCUT2D eigenvalue weighted by atomic mass is 32.2. The highest BCUT2D eigenvalue weighted by Crippen LogP contribution is 2.29. The Labute approximate surface area is 124 Å². The van der Waals surface area contributed by atoms with Crippen LogP contribution < -0.4 is 0 Å². The Bertz CT molecular complexity index is 762. The van der Waals surface area contributed by atoms with Crippen LogP contribution in [0.3, 0.4) is 0 Å². The third-order valence-electron chi connectivity index (χ3n) is 2.92. The number of hydrogen-bond donors (Lipinski definition) is 1. The first-order valence-electron chi connectivity index (χ1n) is 6.01. The summed E-state index contributed by atoms with van der Waals surface area (Å²) in [7, 11) is 0. The molecule has 2 heterocycles. The maximum atomic E-state index is 10.9. The number of nitrogens with zero attached hydrogens (tertiary/aromatic N) is 1. The van der Waals surface area contributed by atoms with Gasteiger partial charge in [-0.3, -0.25) is 4.98 Å². The second kappa shape index (κ2) is 5.64. The minimum absolute atomic E-state index is 0.382. The van der Waals surface area contributed by atoms with Crippen LogP contribution in [0.1, 0.15) is 15.2 Å². The Balaban J connectivity index is 1.81. The van der Waals surface area contributed by atoms with Crippen LogP contribution >= 0.6 is 23.1 Å². The molecule has 0 radical (unpaired) electrons. The van der Waals surface area contributed by atoms with Gasteiger partial charge < -0.3 is 5.11 Å². The SMILES string of the molecule is O=C(O)c1cc(SCc2ccnc3ccccc23)cs1. The monoisotopic (exact) mass is 301 g/mol. The molecule has 3 nitrogen and oxygen atoms in total. The minimum Gasteiger partial charge on any atom is -0.477 e. The smallest absolute Gasteiger partial charge is 0.345 e. The summed E-state index contributed by atoms with van der Waals surface area (Å²) in [6.45, 7) is 0. The van der Waals surface area contributed by atoms with Crippen LogP contribution in [-0.2, 0) is 5.75 Å². The maximum Gasteiger partial charge on any atom is 0.345 e. The number of aromatic carboxylic acids is 1. The topological polar surface area (TPSA) is 50.2 Å². The number of pyridine rings is 1. The second-order valence-electron chi connectivity index (χ2n) is 4.23. The van der Waals surface area contributed by atoms with E-state index >= 15 is 0 Å². The van der Waals surface area contributed by atoms with E-state index in [1.807, 2.05) is 35.8 Å². The summed E-state index contributed by atoms with van der Waals surface area (Å²) in [4.78, 5) is 16.6. The molecule has 3 rings (SSSR count). The van der Waals surface area contributed by atoms with Crippen molar-refractivity contribution in [2.75, 3.05) is 0 Å². The Morgan fingerprint density at radius 2 is 2.15 bits per heavy atom. The van der Waals surface area contributed by atoms with Crippen LogP contribution in [0.5, 0.6) is 0 Å². The number of aromatic nitrogens is 1. The van der Waals surface area contributed by atoms with Gasteiger partial charge in [-0.1, -0.05) is 18.2 Å². The van der Waals surface area contributed by atoms with Crippen molar-refractivity contribution in [3.8, 4) is 0 Å². The molecule has 1 N–H and O–H groups in total. The van der Waals surface area contributed by atoms with Gasteiger partial charge in [0.25, 0.3) is 0 Å². The molecule has 0 saturated carbocycles. The Morgan fingerprint density at radius 1 is 1.30 bits per heavy atom. The number of rotatable bonds is 4. The summed E-state index contributed by atoms with van der Waals surface area (Å²) in [5.41, 5.74) is 2.20.